The van der Waals surface area contributed by atoms with Gasteiger partial charge in [-0.15, -0.1) is 0 Å². The minimum Gasteiger partial charge on any atom is -0.494 e. The highest BCUT2D eigenvalue weighted by atomic mass is 32.1. The Balaban J connectivity index is 1.59. The van der Waals surface area contributed by atoms with Crippen LogP contribution < -0.4 is 10.1 Å². The first-order valence-electron chi connectivity index (χ1n) is 7.56. The van der Waals surface area contributed by atoms with Gasteiger partial charge in [0.05, 0.1) is 22.4 Å². The zero-order valence-electron chi connectivity index (χ0n) is 13.4. The Morgan fingerprint density at radius 2 is 2.16 bits per heavy atom. The molecule has 0 radical (unpaired) electrons. The van der Waals surface area contributed by atoms with Crippen LogP contribution in [0.2, 0.25) is 0 Å². The predicted molar refractivity (Wildman–Crippen MR) is 93.9 cm³/mol. The summed E-state index contributed by atoms with van der Waals surface area (Å²) in [6.45, 7) is 2.10. The Hall–Kier alpha value is -3.00. The van der Waals surface area contributed by atoms with Crippen molar-refractivity contribution >= 4 is 38.6 Å². The smallest absolute Gasteiger partial charge is 0.340 e. The largest absolute Gasteiger partial charge is 0.494 e. The molecule has 2 heterocycles. The minimum atomic E-state index is -0.603. The summed E-state index contributed by atoms with van der Waals surface area (Å²) in [7, 11) is 0. The van der Waals surface area contributed by atoms with E-state index in [1.54, 1.807) is 18.3 Å². The molecule has 3 aromatic rings. The van der Waals surface area contributed by atoms with Gasteiger partial charge in [-0.2, -0.15) is 0 Å². The van der Waals surface area contributed by atoms with E-state index in [1.165, 1.54) is 17.5 Å². The third-order valence-corrected chi connectivity index (χ3v) is 4.08. The Kier molecular flexibility index (Phi) is 5.20. The monoisotopic (exact) mass is 357 g/mol. The van der Waals surface area contributed by atoms with Gasteiger partial charge < -0.3 is 9.47 Å². The number of aromatic nitrogens is 2. The zero-order valence-corrected chi connectivity index (χ0v) is 14.2. The summed E-state index contributed by atoms with van der Waals surface area (Å²) in [6, 6.07) is 8.71. The summed E-state index contributed by atoms with van der Waals surface area (Å²) in [5, 5.41) is 3.06. The first-order chi connectivity index (χ1) is 12.2. The summed E-state index contributed by atoms with van der Waals surface area (Å²) in [5.41, 5.74) is 1.05. The summed E-state index contributed by atoms with van der Waals surface area (Å²) >= 11 is 1.32. The molecule has 25 heavy (non-hydrogen) atoms. The lowest BCUT2D eigenvalue weighted by Crippen LogP contribution is -2.20. The summed E-state index contributed by atoms with van der Waals surface area (Å²) < 4.78 is 11.3. The fourth-order valence-electron chi connectivity index (χ4n) is 2.07. The molecule has 0 unspecified atom stereocenters. The molecule has 0 spiro atoms. The van der Waals surface area contributed by atoms with E-state index in [4.69, 9.17) is 9.47 Å². The number of benzene rings is 1. The van der Waals surface area contributed by atoms with Crippen molar-refractivity contribution in [3.63, 3.8) is 0 Å². The molecule has 1 aromatic carbocycles. The van der Waals surface area contributed by atoms with Crippen LogP contribution >= 0.6 is 11.3 Å². The normalized spacial score (nSPS) is 10.4. The molecule has 7 nitrogen and oxygen atoms in total. The van der Waals surface area contributed by atoms with Crippen LogP contribution in [0.15, 0.2) is 42.7 Å². The van der Waals surface area contributed by atoms with E-state index in [2.05, 4.69) is 15.3 Å². The number of anilines is 1. The van der Waals surface area contributed by atoms with E-state index in [9.17, 15) is 9.59 Å². The topological polar surface area (TPSA) is 90.4 Å². The van der Waals surface area contributed by atoms with Gasteiger partial charge in [0.1, 0.15) is 5.75 Å². The molecule has 0 aliphatic heterocycles. The van der Waals surface area contributed by atoms with Crippen molar-refractivity contribution in [1.29, 1.82) is 0 Å². The maximum Gasteiger partial charge on any atom is 0.340 e. The molecule has 0 atom stereocenters. The molecular weight excluding hydrogens is 342 g/mol. The van der Waals surface area contributed by atoms with Gasteiger partial charge in [0.2, 0.25) is 0 Å². The van der Waals surface area contributed by atoms with E-state index in [1.807, 2.05) is 25.1 Å². The lowest BCUT2D eigenvalue weighted by atomic mass is 10.3. The second-order valence-corrected chi connectivity index (χ2v) is 5.98. The average molecular weight is 357 g/mol. The Morgan fingerprint density at radius 3 is 2.92 bits per heavy atom. The number of amides is 1. The molecule has 1 N–H and O–H groups in total. The van der Waals surface area contributed by atoms with Crippen LogP contribution in [0.5, 0.6) is 5.75 Å². The van der Waals surface area contributed by atoms with Crippen molar-refractivity contribution in [3.8, 4) is 5.75 Å². The minimum absolute atomic E-state index is 0.291. The van der Waals surface area contributed by atoms with Gasteiger partial charge in [0, 0.05) is 12.4 Å². The Morgan fingerprint density at radius 1 is 1.28 bits per heavy atom. The van der Waals surface area contributed by atoms with Crippen LogP contribution in [-0.4, -0.2) is 35.1 Å². The molecule has 0 aliphatic rings. The number of fused-ring (bicyclic) bond motifs is 1. The highest BCUT2D eigenvalue weighted by molar-refractivity contribution is 7.22. The summed E-state index contributed by atoms with van der Waals surface area (Å²) in [5.74, 6) is -0.308. The number of hydrogen-bond donors (Lipinski definition) is 1. The van der Waals surface area contributed by atoms with Gasteiger partial charge in [-0.05, 0) is 37.3 Å². The highest BCUT2D eigenvalue weighted by Gasteiger charge is 2.12. The second kappa shape index (κ2) is 7.71. The molecule has 0 saturated carbocycles. The number of pyridine rings is 1. The first kappa shape index (κ1) is 16.8. The molecule has 8 heteroatoms. The van der Waals surface area contributed by atoms with Crippen molar-refractivity contribution in [3.05, 3.63) is 48.3 Å². The van der Waals surface area contributed by atoms with Crippen LogP contribution in [0.1, 0.15) is 17.3 Å². The highest BCUT2D eigenvalue weighted by Crippen LogP contribution is 2.29. The van der Waals surface area contributed by atoms with Crippen LogP contribution in [-0.2, 0) is 9.53 Å². The number of thiazole rings is 1. The number of rotatable bonds is 6. The van der Waals surface area contributed by atoms with Crippen molar-refractivity contribution < 1.29 is 19.1 Å². The third-order valence-electron chi connectivity index (χ3n) is 3.15. The average Bonchev–Trinajstić information content (AvgIpc) is 3.02. The van der Waals surface area contributed by atoms with E-state index in [0.717, 1.165) is 16.0 Å². The van der Waals surface area contributed by atoms with Crippen molar-refractivity contribution in [2.75, 3.05) is 18.5 Å². The molecule has 0 aliphatic carbocycles. The van der Waals surface area contributed by atoms with Crippen LogP contribution in [0.3, 0.4) is 0 Å². The third kappa shape index (κ3) is 4.30. The van der Waals surface area contributed by atoms with Crippen molar-refractivity contribution in [2.24, 2.45) is 0 Å². The van der Waals surface area contributed by atoms with E-state index in [0.29, 0.717) is 17.3 Å². The van der Waals surface area contributed by atoms with Crippen LogP contribution in [0, 0.1) is 0 Å². The molecule has 1 amide bonds. The van der Waals surface area contributed by atoms with Gasteiger partial charge in [0.25, 0.3) is 5.91 Å². The maximum absolute atomic E-state index is 11.9. The second-order valence-electron chi connectivity index (χ2n) is 4.95. The van der Waals surface area contributed by atoms with Gasteiger partial charge in [-0.1, -0.05) is 11.3 Å². The molecule has 0 bridgehead atoms. The van der Waals surface area contributed by atoms with Gasteiger partial charge >= 0.3 is 5.97 Å². The lowest BCUT2D eigenvalue weighted by Gasteiger charge is -2.04. The number of carbonyl (C=O) groups is 2. The van der Waals surface area contributed by atoms with E-state index in [-0.39, 0.29) is 0 Å². The quantitative estimate of drug-likeness (QED) is 0.682. The Labute approximate surface area is 147 Å². The summed E-state index contributed by atoms with van der Waals surface area (Å²) in [4.78, 5) is 31.8. The van der Waals surface area contributed by atoms with Crippen molar-refractivity contribution in [2.45, 2.75) is 6.92 Å². The Bertz CT molecular complexity index is 895. The molecule has 0 fully saturated rings. The number of hydrogen-bond acceptors (Lipinski definition) is 7. The van der Waals surface area contributed by atoms with Gasteiger partial charge in [-0.3, -0.25) is 15.1 Å². The van der Waals surface area contributed by atoms with Crippen LogP contribution in [0.25, 0.3) is 10.2 Å². The predicted octanol–water partition coefficient (Wildman–Crippen LogP) is 2.89. The number of nitrogens with zero attached hydrogens (tertiary/aromatic N) is 2. The van der Waals surface area contributed by atoms with Crippen LogP contribution in [0.4, 0.5) is 5.13 Å². The van der Waals surface area contributed by atoms with Gasteiger partial charge in [0.15, 0.2) is 11.7 Å². The fourth-order valence-corrected chi connectivity index (χ4v) is 2.98. The van der Waals surface area contributed by atoms with E-state index < -0.39 is 18.5 Å². The number of ether oxygens (including phenoxy) is 2. The van der Waals surface area contributed by atoms with Crippen molar-refractivity contribution in [1.82, 2.24) is 9.97 Å². The molecule has 0 saturated heterocycles. The number of carbonyl (C=O) groups excluding carboxylic acids is 2. The van der Waals surface area contributed by atoms with Gasteiger partial charge in [-0.25, -0.2) is 9.78 Å². The summed E-state index contributed by atoms with van der Waals surface area (Å²) in [6.07, 6.45) is 2.93. The lowest BCUT2D eigenvalue weighted by molar-refractivity contribution is -0.119. The number of esters is 1. The van der Waals surface area contributed by atoms with E-state index >= 15 is 0 Å². The molecule has 3 rings (SSSR count). The standard InChI is InChI=1S/C17H15N3O4S/c1-2-23-12-5-6-13-14(8-12)25-17(19-13)20-15(21)10-24-16(22)11-4-3-7-18-9-11/h3-9H,2,10H2,1H3,(H,19,20,21). The molecule has 128 valence electrons. The number of nitrogens with one attached hydrogen (secondary N) is 1. The SMILES string of the molecule is CCOc1ccc2nc(NC(=O)COC(=O)c3cccnc3)sc2c1. The molecule has 2 aromatic heterocycles. The fraction of sp³-hybridized carbons (Fsp3) is 0.176. The molecular formula is C17H15N3O4S. The zero-order chi connectivity index (χ0) is 17.6. The first-order valence-corrected chi connectivity index (χ1v) is 8.37. The maximum atomic E-state index is 11.9.